The summed E-state index contributed by atoms with van der Waals surface area (Å²) >= 11 is 0. The first-order chi connectivity index (χ1) is 16.5. The molecule has 4 atom stereocenters. The standard InChI is InChI=1S/C22H30N4O8S/c27-14-10-17-18(28)24-22(20(30)25-35(33,34)15-8-9-15)11-13(22)6-4-2-1-3-5-7-16(23-21(31)32)19(29)26(17)12-14/h4,6,13,15-17,23H,1-3,5,7-12H2,(H,24,28)(H,25,30)(H,31,32)/t13-,16+,17+,22-/m1/s1. The van der Waals surface area contributed by atoms with Gasteiger partial charge in [0.2, 0.25) is 21.8 Å². The van der Waals surface area contributed by atoms with Gasteiger partial charge in [0.1, 0.15) is 17.6 Å². The lowest BCUT2D eigenvalue weighted by atomic mass is 10.1. The lowest BCUT2D eigenvalue weighted by Gasteiger charge is -2.29. The SMILES string of the molecule is O=C1C[C@H]2C(=O)N[C@]3(C(=O)NS(=O)(=O)C4CC4)C[C@H]3C=CCCCCC[C@H](NC(=O)O)C(=O)N2C1. The summed E-state index contributed by atoms with van der Waals surface area (Å²) in [6.07, 6.45) is 6.12. The summed E-state index contributed by atoms with van der Waals surface area (Å²) in [6, 6.07) is -2.32. The van der Waals surface area contributed by atoms with Crippen molar-refractivity contribution in [2.24, 2.45) is 5.92 Å². The first-order valence-electron chi connectivity index (χ1n) is 11.9. The molecule has 4 aliphatic rings. The van der Waals surface area contributed by atoms with Crippen molar-refractivity contribution < 1.29 is 37.5 Å². The highest BCUT2D eigenvalue weighted by atomic mass is 32.2. The van der Waals surface area contributed by atoms with Crippen LogP contribution in [0.25, 0.3) is 0 Å². The molecule has 2 aliphatic heterocycles. The topological polar surface area (TPSA) is 179 Å². The molecule has 0 radical (unpaired) electrons. The minimum atomic E-state index is -3.84. The third-order valence-corrected chi connectivity index (χ3v) is 8.84. The maximum absolute atomic E-state index is 13.3. The van der Waals surface area contributed by atoms with Crippen molar-refractivity contribution in [3.63, 3.8) is 0 Å². The quantitative estimate of drug-likeness (QED) is 0.375. The predicted molar refractivity (Wildman–Crippen MR) is 121 cm³/mol. The number of rotatable bonds is 4. The molecule has 0 aromatic carbocycles. The van der Waals surface area contributed by atoms with Gasteiger partial charge in [0, 0.05) is 12.3 Å². The molecule has 3 fully saturated rings. The number of fused-ring (bicyclic) bond motifs is 2. The molecule has 2 aliphatic carbocycles. The van der Waals surface area contributed by atoms with E-state index in [2.05, 4.69) is 15.4 Å². The van der Waals surface area contributed by atoms with Crippen LogP contribution >= 0.6 is 0 Å². The number of sulfonamides is 1. The molecule has 0 unspecified atom stereocenters. The van der Waals surface area contributed by atoms with E-state index in [0.717, 1.165) is 17.7 Å². The summed E-state index contributed by atoms with van der Waals surface area (Å²) in [5.74, 6) is -3.04. The molecule has 4 N–H and O–H groups in total. The van der Waals surface area contributed by atoms with Gasteiger partial charge in [-0.2, -0.15) is 0 Å². The Labute approximate surface area is 202 Å². The smallest absolute Gasteiger partial charge is 0.405 e. The molecule has 35 heavy (non-hydrogen) atoms. The van der Waals surface area contributed by atoms with Crippen molar-refractivity contribution in [3.8, 4) is 0 Å². The van der Waals surface area contributed by atoms with E-state index in [1.807, 2.05) is 6.08 Å². The third kappa shape index (κ3) is 5.49. The monoisotopic (exact) mass is 510 g/mol. The maximum atomic E-state index is 13.3. The normalized spacial score (nSPS) is 31.9. The number of carbonyl (C=O) groups is 5. The summed E-state index contributed by atoms with van der Waals surface area (Å²) < 4.78 is 26.8. The molecule has 13 heteroatoms. The van der Waals surface area contributed by atoms with Gasteiger partial charge in [0.25, 0.3) is 5.91 Å². The molecule has 0 bridgehead atoms. The zero-order valence-electron chi connectivity index (χ0n) is 19.2. The maximum Gasteiger partial charge on any atom is 0.405 e. The molecule has 2 saturated carbocycles. The van der Waals surface area contributed by atoms with Crippen molar-refractivity contribution >= 4 is 39.6 Å². The Morgan fingerprint density at radius 2 is 1.86 bits per heavy atom. The van der Waals surface area contributed by atoms with Crippen LogP contribution in [-0.2, 0) is 29.2 Å². The van der Waals surface area contributed by atoms with Crippen LogP contribution < -0.4 is 15.4 Å². The first-order valence-corrected chi connectivity index (χ1v) is 13.4. The van der Waals surface area contributed by atoms with E-state index in [-0.39, 0.29) is 31.6 Å². The molecule has 4 rings (SSSR count). The van der Waals surface area contributed by atoms with Crippen LogP contribution in [0.15, 0.2) is 12.2 Å². The number of Topliss-reactive ketones (excluding diaryl/α,β-unsaturated/α-hetero) is 1. The second kappa shape index (κ2) is 9.59. The van der Waals surface area contributed by atoms with Gasteiger partial charge in [-0.1, -0.05) is 25.0 Å². The highest BCUT2D eigenvalue weighted by molar-refractivity contribution is 7.91. The van der Waals surface area contributed by atoms with Crippen LogP contribution in [0.5, 0.6) is 0 Å². The number of hydrogen-bond acceptors (Lipinski definition) is 7. The fraction of sp³-hybridized carbons (Fsp3) is 0.682. The zero-order chi connectivity index (χ0) is 25.4. The molecule has 2 heterocycles. The Hall–Kier alpha value is -2.96. The highest BCUT2D eigenvalue weighted by Crippen LogP contribution is 2.46. The van der Waals surface area contributed by atoms with Gasteiger partial charge >= 0.3 is 6.09 Å². The molecule has 12 nitrogen and oxygen atoms in total. The average molecular weight is 511 g/mol. The van der Waals surface area contributed by atoms with Crippen molar-refractivity contribution in [3.05, 3.63) is 12.2 Å². The minimum absolute atomic E-state index is 0.194. The number of hydrogen-bond donors (Lipinski definition) is 4. The van der Waals surface area contributed by atoms with Gasteiger partial charge in [-0.3, -0.25) is 23.9 Å². The fourth-order valence-electron chi connectivity index (χ4n) is 4.78. The van der Waals surface area contributed by atoms with E-state index in [1.165, 1.54) is 0 Å². The highest BCUT2D eigenvalue weighted by Gasteiger charge is 2.62. The second-order valence-electron chi connectivity index (χ2n) is 9.74. The minimum Gasteiger partial charge on any atom is -0.465 e. The molecule has 0 aromatic rings. The van der Waals surface area contributed by atoms with Crippen LogP contribution in [0, 0.1) is 5.92 Å². The lowest BCUT2D eigenvalue weighted by molar-refractivity contribution is -0.141. The van der Waals surface area contributed by atoms with Gasteiger partial charge < -0.3 is 20.6 Å². The first kappa shape index (κ1) is 25.1. The molecular formula is C22H30N4O8S. The Morgan fingerprint density at radius 3 is 2.54 bits per heavy atom. The summed E-state index contributed by atoms with van der Waals surface area (Å²) in [6.45, 7) is -0.340. The fourth-order valence-corrected chi connectivity index (χ4v) is 6.14. The summed E-state index contributed by atoms with van der Waals surface area (Å²) in [5, 5.41) is 13.4. The van der Waals surface area contributed by atoms with Crippen molar-refractivity contribution in [1.82, 2.24) is 20.3 Å². The van der Waals surface area contributed by atoms with Crippen LogP contribution in [0.3, 0.4) is 0 Å². The van der Waals surface area contributed by atoms with E-state index in [4.69, 9.17) is 0 Å². The number of nitrogens with one attached hydrogen (secondary N) is 3. The van der Waals surface area contributed by atoms with Gasteiger partial charge in [-0.15, -0.1) is 0 Å². The van der Waals surface area contributed by atoms with Gasteiger partial charge in [0.05, 0.1) is 11.8 Å². The van der Waals surface area contributed by atoms with Crippen LogP contribution in [0.2, 0.25) is 0 Å². The number of carboxylic acid groups (broad SMARTS) is 1. The molecule has 0 spiro atoms. The summed E-state index contributed by atoms with van der Waals surface area (Å²) in [5.41, 5.74) is -1.49. The number of ketones is 1. The second-order valence-corrected chi connectivity index (χ2v) is 11.7. The van der Waals surface area contributed by atoms with Crippen molar-refractivity contribution in [2.75, 3.05) is 6.54 Å². The summed E-state index contributed by atoms with van der Waals surface area (Å²) in [4.78, 5) is 64.0. The molecule has 0 aromatic heterocycles. The van der Waals surface area contributed by atoms with Gasteiger partial charge in [-0.25, -0.2) is 13.2 Å². The van der Waals surface area contributed by atoms with Gasteiger partial charge in [-0.05, 0) is 38.5 Å². The van der Waals surface area contributed by atoms with E-state index in [9.17, 15) is 37.5 Å². The molecule has 4 amide bonds. The number of nitrogens with zero attached hydrogens (tertiary/aromatic N) is 1. The lowest BCUT2D eigenvalue weighted by Crippen LogP contribution is -2.58. The number of carbonyl (C=O) groups excluding carboxylic acids is 4. The Morgan fingerprint density at radius 1 is 1.11 bits per heavy atom. The summed E-state index contributed by atoms with van der Waals surface area (Å²) in [7, 11) is -3.84. The van der Waals surface area contributed by atoms with Crippen molar-refractivity contribution in [2.45, 2.75) is 80.7 Å². The van der Waals surface area contributed by atoms with E-state index >= 15 is 0 Å². The molecule has 1 saturated heterocycles. The van der Waals surface area contributed by atoms with Crippen LogP contribution in [0.4, 0.5) is 4.79 Å². The Bertz CT molecular complexity index is 1070. The molecular weight excluding hydrogens is 480 g/mol. The van der Waals surface area contributed by atoms with Crippen LogP contribution in [0.1, 0.15) is 57.8 Å². The van der Waals surface area contributed by atoms with E-state index in [1.54, 1.807) is 6.08 Å². The third-order valence-electron chi connectivity index (χ3n) is 7.02. The van der Waals surface area contributed by atoms with E-state index in [0.29, 0.717) is 25.7 Å². The van der Waals surface area contributed by atoms with Gasteiger partial charge in [0.15, 0.2) is 5.78 Å². The Balaban J connectivity index is 1.59. The Kier molecular flexibility index (Phi) is 6.89. The predicted octanol–water partition coefficient (Wildman–Crippen LogP) is -0.204. The van der Waals surface area contributed by atoms with E-state index < -0.39 is 62.6 Å². The van der Waals surface area contributed by atoms with Crippen LogP contribution in [-0.4, -0.2) is 77.4 Å². The molecule has 192 valence electrons. The zero-order valence-corrected chi connectivity index (χ0v) is 20.0. The van der Waals surface area contributed by atoms with Crippen molar-refractivity contribution in [1.29, 1.82) is 0 Å². The number of allylic oxidation sites excluding steroid dienone is 1. The largest absolute Gasteiger partial charge is 0.465 e. The number of amides is 4. The average Bonchev–Trinajstić information content (AvgIpc) is 3.69.